The zero-order chi connectivity index (χ0) is 19.8. The third kappa shape index (κ3) is 3.41. The van der Waals surface area contributed by atoms with Crippen molar-refractivity contribution >= 4 is 17.3 Å². The van der Waals surface area contributed by atoms with E-state index in [0.29, 0.717) is 18.0 Å². The second-order valence-electron chi connectivity index (χ2n) is 7.15. The van der Waals surface area contributed by atoms with Gasteiger partial charge in [0.1, 0.15) is 5.82 Å². The maximum absolute atomic E-state index is 12.5. The molecule has 4 aromatic rings. The molecule has 0 fully saturated rings. The predicted octanol–water partition coefficient (Wildman–Crippen LogP) is 4.40. The number of carbonyl (C=O) groups is 1. The molecule has 6 nitrogen and oxygen atoms in total. The van der Waals surface area contributed by atoms with E-state index in [1.165, 1.54) is 5.56 Å². The van der Waals surface area contributed by atoms with Crippen LogP contribution in [0, 0.1) is 27.7 Å². The SMILES string of the molecule is Cc1ccc(CC(=O)Nc2ccc(-c3nn4c(C)ncc4o3)cc2C)c(C)c1. The molecule has 142 valence electrons. The van der Waals surface area contributed by atoms with Crippen LogP contribution >= 0.6 is 0 Å². The van der Waals surface area contributed by atoms with E-state index in [9.17, 15) is 4.79 Å². The van der Waals surface area contributed by atoms with Crippen molar-refractivity contribution in [3.05, 3.63) is 70.7 Å². The quantitative estimate of drug-likeness (QED) is 0.574. The maximum atomic E-state index is 12.5. The van der Waals surface area contributed by atoms with Gasteiger partial charge in [-0.15, -0.1) is 5.10 Å². The summed E-state index contributed by atoms with van der Waals surface area (Å²) >= 11 is 0. The summed E-state index contributed by atoms with van der Waals surface area (Å²) in [5.41, 5.74) is 6.56. The molecule has 4 rings (SSSR count). The number of hydrogen-bond acceptors (Lipinski definition) is 4. The van der Waals surface area contributed by atoms with E-state index in [-0.39, 0.29) is 5.91 Å². The van der Waals surface area contributed by atoms with Crippen LogP contribution < -0.4 is 5.32 Å². The van der Waals surface area contributed by atoms with Crippen molar-refractivity contribution in [1.29, 1.82) is 0 Å². The van der Waals surface area contributed by atoms with Gasteiger partial charge >= 0.3 is 0 Å². The fourth-order valence-corrected chi connectivity index (χ4v) is 3.28. The van der Waals surface area contributed by atoms with E-state index in [2.05, 4.69) is 28.4 Å². The zero-order valence-corrected chi connectivity index (χ0v) is 16.4. The fraction of sp³-hybridized carbons (Fsp3) is 0.227. The summed E-state index contributed by atoms with van der Waals surface area (Å²) in [5, 5.41) is 7.45. The van der Waals surface area contributed by atoms with E-state index in [1.54, 1.807) is 10.7 Å². The molecule has 0 saturated carbocycles. The van der Waals surface area contributed by atoms with Crippen molar-refractivity contribution in [2.24, 2.45) is 0 Å². The molecule has 28 heavy (non-hydrogen) atoms. The lowest BCUT2D eigenvalue weighted by molar-refractivity contribution is -0.115. The topological polar surface area (TPSA) is 72.4 Å². The van der Waals surface area contributed by atoms with Gasteiger partial charge in [-0.25, -0.2) is 4.98 Å². The Morgan fingerprint density at radius 3 is 2.61 bits per heavy atom. The van der Waals surface area contributed by atoms with E-state index >= 15 is 0 Å². The average Bonchev–Trinajstić information content (AvgIpc) is 3.21. The standard InChI is InChI=1S/C22H22N4O2/c1-13-5-6-17(14(2)9-13)11-20(27)24-19-8-7-18(10-15(19)3)22-25-26-16(4)23-12-21(26)28-22/h5-10,12H,11H2,1-4H3,(H,24,27). The molecule has 0 saturated heterocycles. The highest BCUT2D eigenvalue weighted by molar-refractivity contribution is 5.93. The first-order valence-corrected chi connectivity index (χ1v) is 9.19. The first-order chi connectivity index (χ1) is 13.4. The highest BCUT2D eigenvalue weighted by Crippen LogP contribution is 2.25. The van der Waals surface area contributed by atoms with Gasteiger partial charge in [0.05, 0.1) is 12.6 Å². The molecule has 1 N–H and O–H groups in total. The summed E-state index contributed by atoms with van der Waals surface area (Å²) in [6, 6.07) is 11.9. The van der Waals surface area contributed by atoms with Gasteiger partial charge in [-0.05, 0) is 62.6 Å². The predicted molar refractivity (Wildman–Crippen MR) is 108 cm³/mol. The average molecular weight is 374 g/mol. The van der Waals surface area contributed by atoms with Gasteiger partial charge in [-0.2, -0.15) is 4.52 Å². The minimum atomic E-state index is -0.0325. The number of aromatic nitrogens is 3. The van der Waals surface area contributed by atoms with Crippen molar-refractivity contribution in [3.8, 4) is 11.5 Å². The summed E-state index contributed by atoms with van der Waals surface area (Å²) in [6.07, 6.45) is 2.01. The number of fused-ring (bicyclic) bond motifs is 1. The summed E-state index contributed by atoms with van der Waals surface area (Å²) in [7, 11) is 0. The van der Waals surface area contributed by atoms with Crippen LogP contribution in [0.25, 0.3) is 17.2 Å². The van der Waals surface area contributed by atoms with Crippen molar-refractivity contribution in [2.45, 2.75) is 34.1 Å². The van der Waals surface area contributed by atoms with E-state index in [1.807, 2.05) is 51.1 Å². The Morgan fingerprint density at radius 2 is 1.89 bits per heavy atom. The molecule has 0 unspecified atom stereocenters. The van der Waals surface area contributed by atoms with Crippen molar-refractivity contribution in [1.82, 2.24) is 14.6 Å². The Morgan fingerprint density at radius 1 is 1.07 bits per heavy atom. The fourth-order valence-electron chi connectivity index (χ4n) is 3.28. The molecule has 2 aromatic heterocycles. The summed E-state index contributed by atoms with van der Waals surface area (Å²) in [4.78, 5) is 16.7. The first-order valence-electron chi connectivity index (χ1n) is 9.19. The van der Waals surface area contributed by atoms with Gasteiger partial charge in [0.25, 0.3) is 0 Å². The minimum absolute atomic E-state index is 0.0325. The van der Waals surface area contributed by atoms with Crippen molar-refractivity contribution in [2.75, 3.05) is 5.32 Å². The van der Waals surface area contributed by atoms with Crippen LogP contribution in [-0.4, -0.2) is 20.5 Å². The van der Waals surface area contributed by atoms with Gasteiger partial charge in [0.15, 0.2) is 0 Å². The third-order valence-corrected chi connectivity index (χ3v) is 4.87. The van der Waals surface area contributed by atoms with Gasteiger partial charge in [0.2, 0.25) is 17.5 Å². The van der Waals surface area contributed by atoms with Crippen LogP contribution in [0.2, 0.25) is 0 Å². The molecule has 0 atom stereocenters. The number of hydrogen-bond donors (Lipinski definition) is 1. The van der Waals surface area contributed by atoms with Gasteiger partial charge in [-0.1, -0.05) is 23.8 Å². The molecule has 0 bridgehead atoms. The van der Waals surface area contributed by atoms with Crippen LogP contribution in [0.15, 0.2) is 47.0 Å². The van der Waals surface area contributed by atoms with Gasteiger partial charge < -0.3 is 9.73 Å². The normalized spacial score (nSPS) is 11.1. The molecule has 0 aliphatic rings. The molecule has 6 heteroatoms. The van der Waals surface area contributed by atoms with Crippen LogP contribution in [0.4, 0.5) is 5.69 Å². The summed E-state index contributed by atoms with van der Waals surface area (Å²) in [6.45, 7) is 7.91. The van der Waals surface area contributed by atoms with E-state index in [0.717, 1.165) is 33.8 Å². The molecule has 2 aromatic carbocycles. The van der Waals surface area contributed by atoms with E-state index < -0.39 is 0 Å². The third-order valence-electron chi connectivity index (χ3n) is 4.87. The summed E-state index contributed by atoms with van der Waals surface area (Å²) < 4.78 is 7.43. The zero-order valence-electron chi connectivity index (χ0n) is 16.4. The highest BCUT2D eigenvalue weighted by Gasteiger charge is 2.13. The second-order valence-corrected chi connectivity index (χ2v) is 7.15. The monoisotopic (exact) mass is 374 g/mol. The Kier molecular flexibility index (Phi) is 4.47. The number of rotatable bonds is 4. The second kappa shape index (κ2) is 6.96. The maximum Gasteiger partial charge on any atom is 0.246 e. The molecule has 0 radical (unpaired) electrons. The number of carbonyl (C=O) groups excluding carboxylic acids is 1. The van der Waals surface area contributed by atoms with Crippen LogP contribution in [0.3, 0.4) is 0 Å². The lowest BCUT2D eigenvalue weighted by Crippen LogP contribution is -2.15. The Balaban J connectivity index is 1.51. The lowest BCUT2D eigenvalue weighted by Gasteiger charge is -2.11. The molecule has 0 spiro atoms. The largest absolute Gasteiger partial charge is 0.417 e. The van der Waals surface area contributed by atoms with Crippen LogP contribution in [0.5, 0.6) is 0 Å². The van der Waals surface area contributed by atoms with Crippen LogP contribution in [-0.2, 0) is 11.2 Å². The molecule has 0 aliphatic carbocycles. The van der Waals surface area contributed by atoms with E-state index in [4.69, 9.17) is 4.42 Å². The number of amides is 1. The number of nitrogens with one attached hydrogen (secondary N) is 1. The summed E-state index contributed by atoms with van der Waals surface area (Å²) in [5.74, 6) is 1.27. The van der Waals surface area contributed by atoms with Crippen molar-refractivity contribution < 1.29 is 9.21 Å². The highest BCUT2D eigenvalue weighted by atomic mass is 16.4. The number of aryl methyl sites for hydroxylation is 4. The minimum Gasteiger partial charge on any atom is -0.417 e. The molecule has 2 heterocycles. The Bertz CT molecular complexity index is 1190. The number of imidazole rings is 1. The molecule has 0 aliphatic heterocycles. The van der Waals surface area contributed by atoms with Crippen molar-refractivity contribution in [3.63, 3.8) is 0 Å². The first kappa shape index (κ1) is 18.0. The Labute approximate surface area is 163 Å². The number of anilines is 1. The molecule has 1 amide bonds. The van der Waals surface area contributed by atoms with Gasteiger partial charge in [0, 0.05) is 11.3 Å². The number of nitrogens with zero attached hydrogens (tertiary/aromatic N) is 3. The molecular weight excluding hydrogens is 352 g/mol. The van der Waals surface area contributed by atoms with Crippen LogP contribution in [0.1, 0.15) is 28.1 Å². The van der Waals surface area contributed by atoms with Gasteiger partial charge in [-0.3, -0.25) is 4.79 Å². The molecular formula is C22H22N4O2. The smallest absolute Gasteiger partial charge is 0.246 e. The lowest BCUT2D eigenvalue weighted by atomic mass is 10.0. The Hall–Kier alpha value is -3.41. The number of benzene rings is 2.